The fourth-order valence-electron chi connectivity index (χ4n) is 2.72. The number of halogens is 4. The van der Waals surface area contributed by atoms with Crippen LogP contribution in [0.4, 0.5) is 23.7 Å². The van der Waals surface area contributed by atoms with Crippen LogP contribution >= 0.6 is 11.6 Å². The van der Waals surface area contributed by atoms with Crippen LogP contribution in [0.2, 0.25) is 5.02 Å². The molecular weight excluding hydrogens is 553 g/mol. The Morgan fingerprint density at radius 3 is 2.38 bits per heavy atom. The minimum atomic E-state index is -4.61. The number of hydrogen-bond acceptors (Lipinski definition) is 9. The molecule has 2 aromatic carbocycles. The smallest absolute Gasteiger partial charge is 0.416 e. The minimum Gasteiger partial charge on any atom is -0.463 e. The van der Waals surface area contributed by atoms with Crippen LogP contribution in [0.5, 0.6) is 11.5 Å². The van der Waals surface area contributed by atoms with E-state index in [4.69, 9.17) is 31.5 Å². The summed E-state index contributed by atoms with van der Waals surface area (Å²) in [4.78, 5) is 44.6. The molecule has 0 saturated heterocycles. The molecular formula is C23H20ClF3N4O8. The van der Waals surface area contributed by atoms with Crippen molar-refractivity contribution in [3.8, 4) is 11.5 Å². The number of primary amides is 1. The highest BCUT2D eigenvalue weighted by Gasteiger charge is 2.31. The SMILES string of the molecule is CCOC(=O)C(C)OC(=O)c1cc(Oc2ccc(C(F)(F)F)cc2Cl)ccc1[N+](=O)[O-].NC(=O)n1cccn1. The molecule has 16 heteroatoms. The summed E-state index contributed by atoms with van der Waals surface area (Å²) in [7, 11) is 0. The van der Waals surface area contributed by atoms with Gasteiger partial charge in [-0.05, 0) is 44.2 Å². The number of esters is 2. The molecule has 1 amide bonds. The average molecular weight is 573 g/mol. The van der Waals surface area contributed by atoms with E-state index in [1.165, 1.54) is 19.3 Å². The molecule has 2 N–H and O–H groups in total. The number of alkyl halides is 3. The summed E-state index contributed by atoms with van der Waals surface area (Å²) in [6.07, 6.45) is -2.96. The molecule has 1 heterocycles. The Morgan fingerprint density at radius 1 is 1.21 bits per heavy atom. The molecule has 0 aliphatic heterocycles. The lowest BCUT2D eigenvalue weighted by molar-refractivity contribution is -0.385. The van der Waals surface area contributed by atoms with E-state index in [1.54, 1.807) is 13.0 Å². The van der Waals surface area contributed by atoms with E-state index in [9.17, 15) is 37.7 Å². The van der Waals surface area contributed by atoms with Crippen molar-refractivity contribution in [1.29, 1.82) is 0 Å². The third kappa shape index (κ3) is 8.70. The second kappa shape index (κ2) is 13.2. The summed E-state index contributed by atoms with van der Waals surface area (Å²) in [5.74, 6) is -2.36. The van der Waals surface area contributed by atoms with Gasteiger partial charge in [0.05, 0.1) is 22.1 Å². The van der Waals surface area contributed by atoms with Crippen molar-refractivity contribution in [1.82, 2.24) is 9.78 Å². The molecule has 208 valence electrons. The molecule has 0 radical (unpaired) electrons. The Kier molecular flexibility index (Phi) is 10.4. The highest BCUT2D eigenvalue weighted by Crippen LogP contribution is 2.37. The summed E-state index contributed by atoms with van der Waals surface area (Å²) < 4.78 is 54.3. The second-order valence-electron chi connectivity index (χ2n) is 7.27. The Bertz CT molecular complexity index is 1350. The predicted molar refractivity (Wildman–Crippen MR) is 128 cm³/mol. The maximum Gasteiger partial charge on any atom is 0.416 e. The van der Waals surface area contributed by atoms with Gasteiger partial charge in [-0.25, -0.2) is 14.4 Å². The number of nitro groups is 1. The van der Waals surface area contributed by atoms with Crippen LogP contribution in [0.1, 0.15) is 29.8 Å². The largest absolute Gasteiger partial charge is 0.463 e. The number of carbonyl (C=O) groups is 3. The molecule has 1 aromatic heterocycles. The summed E-state index contributed by atoms with van der Waals surface area (Å²) in [6, 6.07) is 6.44. The number of rotatable bonds is 7. The standard InChI is InChI=1S/C19H15ClF3NO7.C4H5N3O/c1-3-29-17(25)10(2)30-18(26)13-9-12(5-6-15(13)24(27)28)31-16-7-4-11(8-14(16)20)19(21,22)23;5-4(8)7-3-1-2-6-7/h4-10H,3H2,1-2H3;1-3H,(H2,5,8). The van der Waals surface area contributed by atoms with Gasteiger partial charge in [0.2, 0.25) is 0 Å². The maximum absolute atomic E-state index is 12.8. The minimum absolute atomic E-state index is 0.0398. The van der Waals surface area contributed by atoms with Crippen LogP contribution in [0.3, 0.4) is 0 Å². The number of nitrogens with zero attached hydrogens (tertiary/aromatic N) is 3. The zero-order chi connectivity index (χ0) is 29.3. The van der Waals surface area contributed by atoms with E-state index in [2.05, 4.69) is 5.10 Å². The van der Waals surface area contributed by atoms with Crippen molar-refractivity contribution in [3.63, 3.8) is 0 Å². The Labute approximate surface area is 223 Å². The van der Waals surface area contributed by atoms with Crippen molar-refractivity contribution in [3.05, 3.63) is 81.1 Å². The number of benzene rings is 2. The Morgan fingerprint density at radius 2 is 1.90 bits per heavy atom. The average Bonchev–Trinajstić information content (AvgIpc) is 3.40. The molecule has 0 spiro atoms. The van der Waals surface area contributed by atoms with Crippen molar-refractivity contribution in [2.24, 2.45) is 5.73 Å². The van der Waals surface area contributed by atoms with Crippen LogP contribution in [-0.4, -0.2) is 45.4 Å². The van der Waals surface area contributed by atoms with Gasteiger partial charge >= 0.3 is 24.1 Å². The molecule has 0 aliphatic carbocycles. The van der Waals surface area contributed by atoms with Gasteiger partial charge in [0, 0.05) is 24.5 Å². The normalized spacial score (nSPS) is 11.4. The van der Waals surface area contributed by atoms with Crippen molar-refractivity contribution in [2.75, 3.05) is 6.61 Å². The number of ether oxygens (including phenoxy) is 3. The lowest BCUT2D eigenvalue weighted by Crippen LogP contribution is -2.26. The molecule has 0 saturated carbocycles. The van der Waals surface area contributed by atoms with E-state index < -0.39 is 52.0 Å². The Balaban J connectivity index is 0.000000568. The molecule has 0 bridgehead atoms. The third-order valence-corrected chi connectivity index (χ3v) is 4.80. The van der Waals surface area contributed by atoms with Crippen molar-refractivity contribution in [2.45, 2.75) is 26.1 Å². The van der Waals surface area contributed by atoms with Gasteiger partial charge in [-0.1, -0.05) is 11.6 Å². The second-order valence-corrected chi connectivity index (χ2v) is 7.68. The summed E-state index contributed by atoms with van der Waals surface area (Å²) in [6.45, 7) is 2.81. The van der Waals surface area contributed by atoms with Crippen LogP contribution < -0.4 is 10.5 Å². The lowest BCUT2D eigenvalue weighted by atomic mass is 10.1. The van der Waals surface area contributed by atoms with Crippen LogP contribution in [0.15, 0.2) is 54.9 Å². The molecule has 3 aromatic rings. The van der Waals surface area contributed by atoms with Gasteiger partial charge in [-0.2, -0.15) is 23.0 Å². The molecule has 1 atom stereocenters. The fourth-order valence-corrected chi connectivity index (χ4v) is 2.94. The number of amides is 1. The number of carbonyl (C=O) groups excluding carboxylic acids is 3. The van der Waals surface area contributed by atoms with E-state index in [1.807, 2.05) is 0 Å². The first kappa shape index (κ1) is 30.6. The highest BCUT2D eigenvalue weighted by molar-refractivity contribution is 6.32. The summed E-state index contributed by atoms with van der Waals surface area (Å²) in [5, 5.41) is 14.4. The first-order chi connectivity index (χ1) is 18.2. The van der Waals surface area contributed by atoms with Gasteiger partial charge in [0.15, 0.2) is 6.10 Å². The Hall–Kier alpha value is -4.66. The first-order valence-electron chi connectivity index (χ1n) is 10.7. The summed E-state index contributed by atoms with van der Waals surface area (Å²) >= 11 is 5.83. The highest BCUT2D eigenvalue weighted by atomic mass is 35.5. The topological polar surface area (TPSA) is 166 Å². The molecule has 39 heavy (non-hydrogen) atoms. The quantitative estimate of drug-likeness (QED) is 0.233. The zero-order valence-electron chi connectivity index (χ0n) is 20.2. The van der Waals surface area contributed by atoms with E-state index in [0.717, 1.165) is 35.0 Å². The van der Waals surface area contributed by atoms with E-state index in [0.29, 0.717) is 6.07 Å². The summed E-state index contributed by atoms with van der Waals surface area (Å²) in [5.41, 5.74) is 2.65. The first-order valence-corrected chi connectivity index (χ1v) is 11.1. The van der Waals surface area contributed by atoms with Crippen molar-refractivity contribution < 1.29 is 46.7 Å². The molecule has 3 rings (SSSR count). The van der Waals surface area contributed by atoms with E-state index in [-0.39, 0.29) is 23.1 Å². The van der Waals surface area contributed by atoms with Gasteiger partial charge in [0.25, 0.3) is 5.69 Å². The molecule has 1 unspecified atom stereocenters. The van der Waals surface area contributed by atoms with Gasteiger partial charge in [-0.15, -0.1) is 0 Å². The number of nitro benzene ring substituents is 1. The number of nitrogens with two attached hydrogens (primary N) is 1. The maximum atomic E-state index is 12.8. The molecule has 0 aliphatic rings. The van der Waals surface area contributed by atoms with Gasteiger partial charge < -0.3 is 19.9 Å². The number of hydrogen-bond donors (Lipinski definition) is 1. The van der Waals surface area contributed by atoms with Gasteiger partial charge in [0.1, 0.15) is 17.1 Å². The van der Waals surface area contributed by atoms with Gasteiger partial charge in [-0.3, -0.25) is 10.1 Å². The zero-order valence-corrected chi connectivity index (χ0v) is 20.9. The number of aromatic nitrogens is 2. The predicted octanol–water partition coefficient (Wildman–Crippen LogP) is 4.98. The van der Waals surface area contributed by atoms with E-state index >= 15 is 0 Å². The molecule has 12 nitrogen and oxygen atoms in total. The van der Waals surface area contributed by atoms with Crippen LogP contribution in [-0.2, 0) is 20.4 Å². The third-order valence-electron chi connectivity index (χ3n) is 4.50. The van der Waals surface area contributed by atoms with Crippen molar-refractivity contribution >= 4 is 35.3 Å². The molecule has 0 fully saturated rings. The monoisotopic (exact) mass is 572 g/mol. The fraction of sp³-hybridized carbons (Fsp3) is 0.217. The van der Waals surface area contributed by atoms with Crippen LogP contribution in [0, 0.1) is 10.1 Å². The van der Waals surface area contributed by atoms with Crippen LogP contribution in [0.25, 0.3) is 0 Å². The lowest BCUT2D eigenvalue weighted by Gasteiger charge is -2.13.